The van der Waals surface area contributed by atoms with Crippen molar-refractivity contribution in [2.75, 3.05) is 50.5 Å². The minimum Gasteiger partial charge on any atom is -0.444 e. The van der Waals surface area contributed by atoms with Crippen molar-refractivity contribution in [3.8, 4) is 0 Å². The number of hydrogen-bond acceptors (Lipinski definition) is 11. The summed E-state index contributed by atoms with van der Waals surface area (Å²) in [7, 11) is -3.56. The molecule has 1 aromatic carbocycles. The van der Waals surface area contributed by atoms with Gasteiger partial charge in [0, 0.05) is 47.7 Å². The van der Waals surface area contributed by atoms with Gasteiger partial charge in [-0.25, -0.2) is 32.2 Å². The first-order valence-electron chi connectivity index (χ1n) is 18.0. The van der Waals surface area contributed by atoms with Crippen molar-refractivity contribution in [2.24, 2.45) is 0 Å². The Kier molecular flexibility index (Phi) is 11.1. The van der Waals surface area contributed by atoms with Crippen LogP contribution in [0.5, 0.6) is 0 Å². The lowest BCUT2D eigenvalue weighted by Crippen LogP contribution is -2.45. The molecule has 7 rings (SSSR count). The van der Waals surface area contributed by atoms with Gasteiger partial charge in [0.1, 0.15) is 11.6 Å². The third kappa shape index (κ3) is 8.48. The molecule has 0 aliphatic carbocycles. The number of aryl methyl sites for hydroxylation is 2. The summed E-state index contributed by atoms with van der Waals surface area (Å²) in [6, 6.07) is 9.11. The maximum atomic E-state index is 13.4. The van der Waals surface area contributed by atoms with Gasteiger partial charge in [0.05, 0.1) is 61.4 Å². The highest BCUT2D eigenvalue weighted by molar-refractivity contribution is 7.92. The molecule has 2 aliphatic rings. The zero-order valence-electron chi connectivity index (χ0n) is 32.6. The smallest absolute Gasteiger partial charge is 0.411 e. The molecule has 56 heavy (non-hydrogen) atoms. The van der Waals surface area contributed by atoms with Gasteiger partial charge in [-0.3, -0.25) is 34.2 Å². The first-order chi connectivity index (χ1) is 26.3. The normalized spacial score (nSPS) is 17.8. The summed E-state index contributed by atoms with van der Waals surface area (Å²) in [5.74, 6) is -0.341. The van der Waals surface area contributed by atoms with E-state index >= 15 is 0 Å². The Labute approximate surface area is 322 Å². The first-order valence-corrected chi connectivity index (χ1v) is 19.9. The summed E-state index contributed by atoms with van der Waals surface area (Å²) >= 11 is 0. The number of nitrogens with zero attached hydrogens (tertiary/aromatic N) is 6. The van der Waals surface area contributed by atoms with Crippen molar-refractivity contribution in [1.29, 1.82) is 0 Å². The molecule has 2 atom stereocenters. The number of H-pyrrole nitrogens is 2. The zero-order chi connectivity index (χ0) is 40.7. The lowest BCUT2D eigenvalue weighted by atomic mass is 10.1. The van der Waals surface area contributed by atoms with Crippen LogP contribution in [0.15, 0.2) is 46.0 Å². The molecule has 2 aliphatic heterocycles. The predicted molar refractivity (Wildman–Crippen MR) is 207 cm³/mol. The fraction of sp³-hybridized carbons (Fsp3) is 0.459. The summed E-state index contributed by atoms with van der Waals surface area (Å²) < 4.78 is 45.2. The highest BCUT2D eigenvalue weighted by Crippen LogP contribution is 2.29. The number of aromatic amines is 2. The quantitative estimate of drug-likeness (QED) is 0.235. The van der Waals surface area contributed by atoms with Crippen LogP contribution in [0.25, 0.3) is 11.3 Å². The number of ether oxygens (including phenoxy) is 3. The summed E-state index contributed by atoms with van der Waals surface area (Å²) in [5, 5.41) is 6.11. The summed E-state index contributed by atoms with van der Waals surface area (Å²) in [5.41, 5.74) is 4.28. The highest BCUT2D eigenvalue weighted by atomic mass is 32.2. The van der Waals surface area contributed by atoms with Gasteiger partial charge in [0.25, 0.3) is 17.0 Å². The molecular formula is C37H47N9O9S. The van der Waals surface area contributed by atoms with E-state index in [2.05, 4.69) is 24.9 Å². The zero-order valence-corrected chi connectivity index (χ0v) is 33.4. The molecule has 2 saturated heterocycles. The third-order valence-electron chi connectivity index (χ3n) is 9.52. The van der Waals surface area contributed by atoms with Crippen molar-refractivity contribution in [1.82, 2.24) is 39.0 Å². The lowest BCUT2D eigenvalue weighted by Gasteiger charge is -2.35. The molecule has 0 bridgehead atoms. The Morgan fingerprint density at radius 2 is 1.30 bits per heavy atom. The number of amides is 2. The number of carbonyl (C=O) groups excluding carboxylic acids is 2. The van der Waals surface area contributed by atoms with Crippen LogP contribution in [0, 0.1) is 27.7 Å². The van der Waals surface area contributed by atoms with Gasteiger partial charge >= 0.3 is 6.09 Å². The van der Waals surface area contributed by atoms with E-state index in [9.17, 15) is 27.6 Å². The Morgan fingerprint density at radius 1 is 0.821 bits per heavy atom. The molecular weight excluding hydrogens is 747 g/mol. The molecule has 18 nitrogen and oxygen atoms in total. The van der Waals surface area contributed by atoms with Gasteiger partial charge in [0.15, 0.2) is 11.3 Å². The number of benzene rings is 1. The molecule has 19 heteroatoms. The average Bonchev–Trinajstić information content (AvgIpc) is 3.77. The molecule has 0 saturated carbocycles. The Morgan fingerprint density at radius 3 is 1.80 bits per heavy atom. The number of fused-ring (bicyclic) bond motifs is 2. The number of anilines is 1. The monoisotopic (exact) mass is 793 g/mol. The number of para-hydroxylation sites is 1. The number of aromatic nitrogens is 6. The second-order valence-electron chi connectivity index (χ2n) is 14.8. The molecule has 5 aromatic rings. The minimum atomic E-state index is -3.56. The number of carbonyl (C=O) groups is 2. The van der Waals surface area contributed by atoms with Crippen LogP contribution in [-0.2, 0) is 24.2 Å². The van der Waals surface area contributed by atoms with Crippen molar-refractivity contribution < 1.29 is 32.2 Å². The summed E-state index contributed by atoms with van der Waals surface area (Å²) in [6.07, 6.45) is 0.637. The molecule has 0 spiro atoms. The molecule has 2 fully saturated rings. The van der Waals surface area contributed by atoms with Gasteiger partial charge in [0.2, 0.25) is 10.0 Å². The standard InChI is InChI=1S/C20H23N5O5S.C17H24N4O4/c1-12-13(2)21-18-10-16(22-25(18)19(12)26)17-11-30-9-8-24(17)20(27)14-6-4-5-7-15(14)23-31(3,28)29;1-10-11(2)18-14-8-12(19-21(14)15(10)22)13-9-24-7-6-20(13)16(23)25-17(3,4)5/h4-7,10,17,22-23H,8-9,11H2,1-3H3;8,13,19H,6-7,9H2,1-5H3/t17-;13-/m00/s1. The molecule has 0 radical (unpaired) electrons. The van der Waals surface area contributed by atoms with Crippen molar-refractivity contribution >= 4 is 39.0 Å². The van der Waals surface area contributed by atoms with Gasteiger partial charge in [-0.1, -0.05) is 12.1 Å². The van der Waals surface area contributed by atoms with E-state index < -0.39 is 27.8 Å². The largest absolute Gasteiger partial charge is 0.444 e. The molecule has 0 unspecified atom stereocenters. The number of nitrogens with one attached hydrogen (secondary N) is 3. The number of hydrogen-bond donors (Lipinski definition) is 3. The van der Waals surface area contributed by atoms with Crippen LogP contribution in [-0.4, -0.2) is 111 Å². The second kappa shape index (κ2) is 15.5. The van der Waals surface area contributed by atoms with E-state index in [4.69, 9.17) is 14.2 Å². The SMILES string of the molecule is Cc1nc2cc([C@@H]3COCCN3C(=O)OC(C)(C)C)[nH]n2c(=O)c1C.Cc1nc2cc([C@@H]3COCCN3C(=O)c3ccccc3NS(C)(=O)=O)[nH]n2c(=O)c1C. The predicted octanol–water partition coefficient (Wildman–Crippen LogP) is 3.17. The fourth-order valence-electron chi connectivity index (χ4n) is 6.43. The molecule has 4 aromatic heterocycles. The molecule has 300 valence electrons. The van der Waals surface area contributed by atoms with Gasteiger partial charge in [-0.2, -0.15) is 0 Å². The maximum absolute atomic E-state index is 13.4. The highest BCUT2D eigenvalue weighted by Gasteiger charge is 2.34. The van der Waals surface area contributed by atoms with Crippen LogP contribution in [0.1, 0.15) is 77.1 Å². The second-order valence-corrected chi connectivity index (χ2v) is 16.6. The van der Waals surface area contributed by atoms with E-state index in [0.717, 1.165) is 6.26 Å². The molecule has 3 N–H and O–H groups in total. The van der Waals surface area contributed by atoms with E-state index in [1.54, 1.807) is 73.9 Å². The van der Waals surface area contributed by atoms with Crippen LogP contribution in [0.2, 0.25) is 0 Å². The summed E-state index contributed by atoms with van der Waals surface area (Å²) in [6.45, 7) is 14.6. The lowest BCUT2D eigenvalue weighted by molar-refractivity contribution is -0.0341. The van der Waals surface area contributed by atoms with Crippen LogP contribution in [0.4, 0.5) is 10.5 Å². The Balaban J connectivity index is 0.000000194. The van der Waals surface area contributed by atoms with Crippen molar-refractivity contribution in [3.05, 3.63) is 96.6 Å². The topological polar surface area (TPSA) is 215 Å². The van der Waals surface area contributed by atoms with Gasteiger partial charge < -0.3 is 19.1 Å². The summed E-state index contributed by atoms with van der Waals surface area (Å²) in [4.78, 5) is 63.1. The Hall–Kier alpha value is -5.53. The van der Waals surface area contributed by atoms with Gasteiger partial charge in [-0.15, -0.1) is 0 Å². The minimum absolute atomic E-state index is 0.144. The van der Waals surface area contributed by atoms with Crippen molar-refractivity contribution in [2.45, 2.75) is 66.2 Å². The Bertz CT molecular complexity index is 2530. The van der Waals surface area contributed by atoms with E-state index in [1.165, 1.54) is 9.03 Å². The molecule has 6 heterocycles. The van der Waals surface area contributed by atoms with Crippen LogP contribution >= 0.6 is 0 Å². The number of sulfonamides is 1. The maximum Gasteiger partial charge on any atom is 0.411 e. The van der Waals surface area contributed by atoms with E-state index in [0.29, 0.717) is 78.1 Å². The van der Waals surface area contributed by atoms with Crippen LogP contribution in [0.3, 0.4) is 0 Å². The fourth-order valence-corrected chi connectivity index (χ4v) is 7.01. The van der Waals surface area contributed by atoms with Gasteiger partial charge in [-0.05, 0) is 60.6 Å². The first kappa shape index (κ1) is 40.1. The molecule has 2 amide bonds. The number of morpholine rings is 2. The van der Waals surface area contributed by atoms with Crippen molar-refractivity contribution in [3.63, 3.8) is 0 Å². The number of rotatable bonds is 5. The van der Waals surface area contributed by atoms with E-state index in [1.807, 2.05) is 20.8 Å². The van der Waals surface area contributed by atoms with Crippen LogP contribution < -0.4 is 15.8 Å². The van der Waals surface area contributed by atoms with E-state index in [-0.39, 0.29) is 40.9 Å². The third-order valence-corrected chi connectivity index (χ3v) is 10.1. The average molecular weight is 794 g/mol.